The van der Waals surface area contributed by atoms with Gasteiger partial charge in [-0.1, -0.05) is 19.9 Å². The molecule has 2 aliphatic heterocycles. The van der Waals surface area contributed by atoms with Crippen LogP contribution < -0.4 is 10.8 Å². The molecule has 2 saturated heterocycles. The molecule has 2 aliphatic rings. The van der Waals surface area contributed by atoms with E-state index in [2.05, 4.69) is 10.3 Å². The molecule has 0 radical (unpaired) electrons. The quantitative estimate of drug-likeness (QED) is 0.652. The van der Waals surface area contributed by atoms with Crippen molar-refractivity contribution in [2.45, 2.75) is 77.7 Å². The van der Waals surface area contributed by atoms with E-state index in [1.54, 1.807) is 0 Å². The normalized spacial score (nSPS) is 22.4. The van der Waals surface area contributed by atoms with Gasteiger partial charge < -0.3 is 29.2 Å². The molecule has 4 rings (SSSR count). The second-order valence-corrected chi connectivity index (χ2v) is 10.5. The molecular formula is C24H35BN4O5. The van der Waals surface area contributed by atoms with Crippen LogP contribution in [0.4, 0.5) is 4.79 Å². The van der Waals surface area contributed by atoms with Gasteiger partial charge in [0.2, 0.25) is 5.91 Å². The fraction of sp³-hybridized carbons (Fsp3) is 0.625. The Morgan fingerprint density at radius 2 is 1.91 bits per heavy atom. The number of fused-ring (bicyclic) bond motifs is 1. The number of aromatic nitrogens is 2. The average molecular weight is 470 g/mol. The molecule has 10 heteroatoms. The van der Waals surface area contributed by atoms with E-state index in [0.29, 0.717) is 6.54 Å². The molecule has 3 heterocycles. The number of ether oxygens (including phenoxy) is 1. The van der Waals surface area contributed by atoms with Gasteiger partial charge in [-0.3, -0.25) is 4.79 Å². The molecule has 2 N–H and O–H groups in total. The minimum Gasteiger partial charge on any atom is -0.453 e. The van der Waals surface area contributed by atoms with E-state index in [-0.39, 0.29) is 17.9 Å². The number of alkyl carbamates (subject to hydrolysis) is 1. The van der Waals surface area contributed by atoms with E-state index in [4.69, 9.17) is 19.0 Å². The van der Waals surface area contributed by atoms with Crippen molar-refractivity contribution in [2.24, 2.45) is 5.92 Å². The number of nitrogens with zero attached hydrogens (tertiary/aromatic N) is 2. The van der Waals surface area contributed by atoms with Gasteiger partial charge in [0.05, 0.1) is 35.4 Å². The van der Waals surface area contributed by atoms with Crippen LogP contribution in [0.15, 0.2) is 18.2 Å². The summed E-state index contributed by atoms with van der Waals surface area (Å²) >= 11 is 0. The minimum atomic E-state index is -0.660. The van der Waals surface area contributed by atoms with Crippen LogP contribution in [0.25, 0.3) is 11.0 Å². The Morgan fingerprint density at radius 1 is 1.24 bits per heavy atom. The molecule has 2 atom stereocenters. The summed E-state index contributed by atoms with van der Waals surface area (Å²) in [5, 5.41) is 2.68. The maximum absolute atomic E-state index is 13.4. The third-order valence-corrected chi connectivity index (χ3v) is 7.29. The van der Waals surface area contributed by atoms with Gasteiger partial charge in [0.1, 0.15) is 11.9 Å². The first-order chi connectivity index (χ1) is 15.9. The predicted molar refractivity (Wildman–Crippen MR) is 130 cm³/mol. The lowest BCUT2D eigenvalue weighted by atomic mass is 9.79. The second kappa shape index (κ2) is 8.89. The van der Waals surface area contributed by atoms with Crippen LogP contribution in [-0.2, 0) is 18.8 Å². The molecular weight excluding hydrogens is 435 g/mol. The van der Waals surface area contributed by atoms with E-state index in [9.17, 15) is 9.59 Å². The zero-order valence-corrected chi connectivity index (χ0v) is 21.1. The summed E-state index contributed by atoms with van der Waals surface area (Å²) in [7, 11) is 0.831. The third kappa shape index (κ3) is 4.41. The fourth-order valence-corrected chi connectivity index (χ4v) is 4.52. The standard InChI is InChI=1S/C24H35BN4O5/c1-14(2)19(28-22(31)32-7)21(30)29-12-8-9-18(29)20-26-16-11-10-15(13-17(16)27-20)25-33-23(3,4)24(5,6)34-25/h10-11,13-14,18-19H,8-9,12H2,1-7H3,(H,26,27)(H,28,31)/t18-,19-/m0/s1. The fourth-order valence-electron chi connectivity index (χ4n) is 4.52. The number of aromatic amines is 1. The molecule has 2 fully saturated rings. The van der Waals surface area contributed by atoms with Gasteiger partial charge in [-0.25, -0.2) is 9.78 Å². The SMILES string of the molecule is COC(=O)N[C@H](C(=O)N1CCC[C@H]1c1nc2cc(B3OC(C)(C)C(C)(C)O3)ccc2[nH]1)C(C)C. The number of carbonyl (C=O) groups excluding carboxylic acids is 2. The van der Waals surface area contributed by atoms with Gasteiger partial charge in [-0.05, 0) is 64.1 Å². The molecule has 0 unspecified atom stereocenters. The van der Waals surface area contributed by atoms with Crippen molar-refractivity contribution in [3.8, 4) is 0 Å². The van der Waals surface area contributed by atoms with Gasteiger partial charge in [0, 0.05) is 6.54 Å². The van der Waals surface area contributed by atoms with Gasteiger partial charge in [0.15, 0.2) is 0 Å². The number of rotatable bonds is 5. The third-order valence-electron chi connectivity index (χ3n) is 7.29. The number of amides is 2. The van der Waals surface area contributed by atoms with E-state index >= 15 is 0 Å². The second-order valence-electron chi connectivity index (χ2n) is 10.5. The highest BCUT2D eigenvalue weighted by Gasteiger charge is 2.51. The Balaban J connectivity index is 1.57. The highest BCUT2D eigenvalue weighted by Crippen LogP contribution is 2.37. The van der Waals surface area contributed by atoms with Crippen molar-refractivity contribution in [3.63, 3.8) is 0 Å². The number of likely N-dealkylation sites (tertiary alicyclic amines) is 1. The van der Waals surface area contributed by atoms with Crippen molar-refractivity contribution in [1.82, 2.24) is 20.2 Å². The number of hydrogen-bond donors (Lipinski definition) is 2. The van der Waals surface area contributed by atoms with Crippen LogP contribution in [0, 0.1) is 5.92 Å². The van der Waals surface area contributed by atoms with Gasteiger partial charge >= 0.3 is 13.2 Å². The monoisotopic (exact) mass is 470 g/mol. The van der Waals surface area contributed by atoms with Crippen LogP contribution in [0.3, 0.4) is 0 Å². The molecule has 1 aromatic heterocycles. The highest BCUT2D eigenvalue weighted by molar-refractivity contribution is 6.62. The number of carbonyl (C=O) groups is 2. The van der Waals surface area contributed by atoms with Crippen molar-refractivity contribution in [1.29, 1.82) is 0 Å². The predicted octanol–water partition coefficient (Wildman–Crippen LogP) is 2.91. The Bertz CT molecular complexity index is 1070. The van der Waals surface area contributed by atoms with E-state index < -0.39 is 30.5 Å². The summed E-state index contributed by atoms with van der Waals surface area (Å²) in [6.07, 6.45) is 1.07. The smallest absolute Gasteiger partial charge is 0.453 e. The molecule has 0 bridgehead atoms. The zero-order valence-electron chi connectivity index (χ0n) is 21.1. The van der Waals surface area contributed by atoms with Crippen molar-refractivity contribution in [3.05, 3.63) is 24.0 Å². The molecule has 184 valence electrons. The minimum absolute atomic E-state index is 0.0778. The number of hydrogen-bond acceptors (Lipinski definition) is 6. The number of imidazole rings is 1. The van der Waals surface area contributed by atoms with Gasteiger partial charge in [-0.15, -0.1) is 0 Å². The maximum atomic E-state index is 13.4. The lowest BCUT2D eigenvalue weighted by molar-refractivity contribution is -0.135. The maximum Gasteiger partial charge on any atom is 0.494 e. The van der Waals surface area contributed by atoms with Crippen LogP contribution in [0.1, 0.15) is 66.3 Å². The van der Waals surface area contributed by atoms with Crippen LogP contribution in [0.2, 0.25) is 0 Å². The first kappa shape index (κ1) is 24.5. The molecule has 2 amide bonds. The zero-order chi connectivity index (χ0) is 24.8. The summed E-state index contributed by atoms with van der Waals surface area (Å²) in [6, 6.07) is 5.10. The van der Waals surface area contributed by atoms with Crippen LogP contribution in [-0.4, -0.2) is 64.9 Å². The average Bonchev–Trinajstić information content (AvgIpc) is 3.46. The number of methoxy groups -OCH3 is 1. The lowest BCUT2D eigenvalue weighted by Gasteiger charge is -2.32. The summed E-state index contributed by atoms with van der Waals surface area (Å²) in [4.78, 5) is 35.2. The Morgan fingerprint density at radius 3 is 2.53 bits per heavy atom. The largest absolute Gasteiger partial charge is 0.494 e. The van der Waals surface area contributed by atoms with Gasteiger partial charge in [-0.2, -0.15) is 0 Å². The molecule has 2 aromatic rings. The summed E-state index contributed by atoms with van der Waals surface area (Å²) in [6.45, 7) is 12.6. The molecule has 9 nitrogen and oxygen atoms in total. The van der Waals surface area contributed by atoms with Crippen LogP contribution >= 0.6 is 0 Å². The molecule has 34 heavy (non-hydrogen) atoms. The van der Waals surface area contributed by atoms with Crippen molar-refractivity contribution < 1.29 is 23.6 Å². The molecule has 0 saturated carbocycles. The van der Waals surface area contributed by atoms with Crippen LogP contribution in [0.5, 0.6) is 0 Å². The molecule has 0 aliphatic carbocycles. The number of benzene rings is 1. The van der Waals surface area contributed by atoms with Crippen molar-refractivity contribution in [2.75, 3.05) is 13.7 Å². The van der Waals surface area contributed by atoms with Crippen molar-refractivity contribution >= 4 is 35.6 Å². The first-order valence-electron chi connectivity index (χ1n) is 11.9. The van der Waals surface area contributed by atoms with Gasteiger partial charge in [0.25, 0.3) is 0 Å². The number of nitrogens with one attached hydrogen (secondary N) is 2. The molecule has 1 aromatic carbocycles. The number of H-pyrrole nitrogens is 1. The Hall–Kier alpha value is -2.59. The summed E-state index contributed by atoms with van der Waals surface area (Å²) in [5.74, 6) is 0.541. The Kier molecular flexibility index (Phi) is 6.41. The van der Waals surface area contributed by atoms with E-state index in [1.807, 2.05) is 64.6 Å². The molecule has 0 spiro atoms. The summed E-state index contributed by atoms with van der Waals surface area (Å²) < 4.78 is 17.1. The lowest BCUT2D eigenvalue weighted by Crippen LogP contribution is -2.51. The highest BCUT2D eigenvalue weighted by atomic mass is 16.7. The Labute approximate surface area is 201 Å². The first-order valence-corrected chi connectivity index (χ1v) is 11.9. The van der Waals surface area contributed by atoms with E-state index in [0.717, 1.165) is 35.2 Å². The van der Waals surface area contributed by atoms with E-state index in [1.165, 1.54) is 7.11 Å². The topological polar surface area (TPSA) is 106 Å². The summed E-state index contributed by atoms with van der Waals surface area (Å²) in [5.41, 5.74) is 1.77.